The molecule has 4 rings (SSSR count). The smallest absolute Gasteiger partial charge is 0.272 e. The van der Waals surface area contributed by atoms with Crippen LogP contribution >= 0.6 is 0 Å². The molecule has 0 aliphatic carbocycles. The van der Waals surface area contributed by atoms with Gasteiger partial charge in [-0.25, -0.2) is 0 Å². The topological polar surface area (TPSA) is 82.2 Å². The Kier molecular flexibility index (Phi) is 4.09. The average molecular weight is 339 g/mol. The van der Waals surface area contributed by atoms with E-state index >= 15 is 0 Å². The number of Topliss-reactive ketones (excluding diaryl/α,β-unsaturated/α-hetero) is 1. The Hall–Kier alpha value is -2.54. The number of carbonyl (C=O) groups excluding carboxylic acids is 2. The number of hydrogen-bond donors (Lipinski definition) is 1. The van der Waals surface area contributed by atoms with E-state index < -0.39 is 0 Å². The summed E-state index contributed by atoms with van der Waals surface area (Å²) >= 11 is 0. The first-order valence-corrected chi connectivity index (χ1v) is 8.60. The number of hydrogen-bond acceptors (Lipinski definition) is 5. The summed E-state index contributed by atoms with van der Waals surface area (Å²) in [6, 6.07) is 5.82. The van der Waals surface area contributed by atoms with E-state index in [1.807, 2.05) is 17.2 Å². The molecular formula is C18H21N5O2. The van der Waals surface area contributed by atoms with Gasteiger partial charge >= 0.3 is 0 Å². The third kappa shape index (κ3) is 3.07. The van der Waals surface area contributed by atoms with Gasteiger partial charge in [0.25, 0.3) is 5.91 Å². The van der Waals surface area contributed by atoms with Crippen LogP contribution < -0.4 is 0 Å². The van der Waals surface area contributed by atoms with E-state index in [0.29, 0.717) is 17.3 Å². The molecule has 0 radical (unpaired) electrons. The van der Waals surface area contributed by atoms with Gasteiger partial charge in [-0.2, -0.15) is 5.10 Å². The number of likely N-dealkylation sites (tertiary alicyclic amines) is 2. The van der Waals surface area contributed by atoms with Crippen molar-refractivity contribution in [1.29, 1.82) is 0 Å². The highest BCUT2D eigenvalue weighted by Crippen LogP contribution is 2.33. The highest BCUT2D eigenvalue weighted by Gasteiger charge is 2.43. The summed E-state index contributed by atoms with van der Waals surface area (Å²) in [5.41, 5.74) is 1.90. The number of pyridine rings is 1. The van der Waals surface area contributed by atoms with E-state index in [9.17, 15) is 9.59 Å². The van der Waals surface area contributed by atoms with Crippen molar-refractivity contribution in [2.45, 2.75) is 25.9 Å². The minimum Gasteiger partial charge on any atom is -0.333 e. The molecule has 2 aromatic heterocycles. The average Bonchev–Trinajstić information content (AvgIpc) is 3.30. The molecule has 2 saturated heterocycles. The third-order valence-electron chi connectivity index (χ3n) is 5.18. The molecule has 0 aromatic carbocycles. The van der Waals surface area contributed by atoms with Crippen LogP contribution in [-0.2, 0) is 6.54 Å². The van der Waals surface area contributed by atoms with E-state index in [0.717, 1.165) is 32.6 Å². The van der Waals surface area contributed by atoms with Gasteiger partial charge in [0, 0.05) is 51.5 Å². The predicted octanol–water partition coefficient (Wildman–Crippen LogP) is 1.35. The molecule has 7 nitrogen and oxygen atoms in total. The number of aromatic amines is 1. The van der Waals surface area contributed by atoms with Crippen LogP contribution in [0.1, 0.15) is 39.9 Å². The molecular weight excluding hydrogens is 318 g/mol. The minimum absolute atomic E-state index is 0.0595. The molecule has 2 aliphatic rings. The molecule has 1 amide bonds. The van der Waals surface area contributed by atoms with Crippen LogP contribution in [0, 0.1) is 5.92 Å². The van der Waals surface area contributed by atoms with Crippen LogP contribution in [0.15, 0.2) is 30.6 Å². The van der Waals surface area contributed by atoms with Gasteiger partial charge in [0.15, 0.2) is 5.78 Å². The maximum Gasteiger partial charge on any atom is 0.272 e. The monoisotopic (exact) mass is 339 g/mol. The van der Waals surface area contributed by atoms with Crippen LogP contribution in [0.4, 0.5) is 0 Å². The first-order valence-electron chi connectivity index (χ1n) is 8.60. The second-order valence-electron chi connectivity index (χ2n) is 6.89. The van der Waals surface area contributed by atoms with Crippen LogP contribution in [0.3, 0.4) is 0 Å². The van der Waals surface area contributed by atoms with Crippen molar-refractivity contribution in [1.82, 2.24) is 25.0 Å². The molecule has 2 aliphatic heterocycles. The highest BCUT2D eigenvalue weighted by molar-refractivity contribution is 5.97. The minimum atomic E-state index is -0.141. The largest absolute Gasteiger partial charge is 0.333 e. The Labute approximate surface area is 146 Å². The van der Waals surface area contributed by atoms with Gasteiger partial charge in [0.05, 0.1) is 0 Å². The fraction of sp³-hybridized carbons (Fsp3) is 0.444. The number of carbonyl (C=O) groups is 2. The highest BCUT2D eigenvalue weighted by atomic mass is 16.2. The van der Waals surface area contributed by atoms with E-state index in [-0.39, 0.29) is 17.7 Å². The SMILES string of the molecule is CC(=O)c1cc(C(=O)N2CC[C@H]3CN(Cc4cccnc4)C[C@H]32)[nH]n1. The molecule has 0 bridgehead atoms. The molecule has 130 valence electrons. The fourth-order valence-electron chi connectivity index (χ4n) is 3.95. The number of H-pyrrole nitrogens is 1. The summed E-state index contributed by atoms with van der Waals surface area (Å²) in [4.78, 5) is 32.7. The standard InChI is InChI=1S/C18H21N5O2/c1-12(24)15-7-16(21-20-15)18(25)23-6-4-14-10-22(11-17(14)23)9-13-3-2-5-19-8-13/h2-3,5,7-8,14,17H,4,6,9-11H2,1H3,(H,20,21)/t14-,17+/m0/s1. The molecule has 0 unspecified atom stereocenters. The fourth-order valence-corrected chi connectivity index (χ4v) is 3.95. The van der Waals surface area contributed by atoms with Crippen LogP contribution in [0.2, 0.25) is 0 Å². The Bertz CT molecular complexity index is 788. The van der Waals surface area contributed by atoms with E-state index in [1.54, 1.807) is 12.3 Å². The first-order chi connectivity index (χ1) is 12.1. The predicted molar refractivity (Wildman–Crippen MR) is 91.0 cm³/mol. The molecule has 4 heterocycles. The van der Waals surface area contributed by atoms with Crippen molar-refractivity contribution in [3.8, 4) is 0 Å². The van der Waals surface area contributed by atoms with E-state index in [4.69, 9.17) is 0 Å². The second kappa shape index (κ2) is 6.40. The van der Waals surface area contributed by atoms with Crippen LogP contribution in [0.5, 0.6) is 0 Å². The Balaban J connectivity index is 1.44. The van der Waals surface area contributed by atoms with Gasteiger partial charge in [0.2, 0.25) is 0 Å². The number of aromatic nitrogens is 3. The maximum atomic E-state index is 12.8. The molecule has 2 atom stereocenters. The summed E-state index contributed by atoms with van der Waals surface area (Å²) in [6.45, 7) is 4.96. The van der Waals surface area contributed by atoms with Crippen molar-refractivity contribution in [3.05, 3.63) is 47.5 Å². The van der Waals surface area contributed by atoms with Crippen molar-refractivity contribution in [3.63, 3.8) is 0 Å². The number of fused-ring (bicyclic) bond motifs is 1. The normalized spacial score (nSPS) is 23.0. The summed E-state index contributed by atoms with van der Waals surface area (Å²) in [5, 5.41) is 6.64. The van der Waals surface area contributed by atoms with Crippen molar-refractivity contribution in [2.75, 3.05) is 19.6 Å². The lowest BCUT2D eigenvalue weighted by atomic mass is 10.1. The van der Waals surface area contributed by atoms with Gasteiger partial charge in [0.1, 0.15) is 11.4 Å². The lowest BCUT2D eigenvalue weighted by molar-refractivity contribution is 0.0720. The summed E-state index contributed by atoms with van der Waals surface area (Å²) in [7, 11) is 0. The number of nitrogens with zero attached hydrogens (tertiary/aromatic N) is 4. The summed E-state index contributed by atoms with van der Waals surface area (Å²) < 4.78 is 0. The van der Waals surface area contributed by atoms with Crippen molar-refractivity contribution in [2.24, 2.45) is 5.92 Å². The maximum absolute atomic E-state index is 12.8. The lowest BCUT2D eigenvalue weighted by Crippen LogP contribution is -2.39. The summed E-state index contributed by atoms with van der Waals surface area (Å²) in [5.74, 6) is 0.310. The Morgan fingerprint density at radius 1 is 1.36 bits per heavy atom. The zero-order chi connectivity index (χ0) is 17.4. The van der Waals surface area contributed by atoms with Crippen molar-refractivity contribution >= 4 is 11.7 Å². The molecule has 25 heavy (non-hydrogen) atoms. The Morgan fingerprint density at radius 3 is 2.96 bits per heavy atom. The Morgan fingerprint density at radius 2 is 2.24 bits per heavy atom. The number of nitrogens with one attached hydrogen (secondary N) is 1. The zero-order valence-corrected chi connectivity index (χ0v) is 14.2. The van der Waals surface area contributed by atoms with Gasteiger partial charge in [-0.1, -0.05) is 6.07 Å². The molecule has 1 N–H and O–H groups in total. The lowest BCUT2D eigenvalue weighted by Gasteiger charge is -2.24. The quantitative estimate of drug-likeness (QED) is 0.851. The molecule has 2 aromatic rings. The van der Waals surface area contributed by atoms with E-state index in [2.05, 4.69) is 26.1 Å². The number of amides is 1. The van der Waals surface area contributed by atoms with Crippen molar-refractivity contribution < 1.29 is 9.59 Å². The van der Waals surface area contributed by atoms with Gasteiger partial charge in [-0.3, -0.25) is 24.6 Å². The molecule has 0 spiro atoms. The third-order valence-corrected chi connectivity index (χ3v) is 5.18. The molecule has 2 fully saturated rings. The second-order valence-corrected chi connectivity index (χ2v) is 6.89. The van der Waals surface area contributed by atoms with Gasteiger partial charge < -0.3 is 4.90 Å². The molecule has 7 heteroatoms. The molecule has 0 saturated carbocycles. The van der Waals surface area contributed by atoms with E-state index in [1.165, 1.54) is 12.5 Å². The number of rotatable bonds is 4. The summed E-state index contributed by atoms with van der Waals surface area (Å²) in [6.07, 6.45) is 4.70. The van der Waals surface area contributed by atoms with Gasteiger partial charge in [-0.05, 0) is 30.0 Å². The zero-order valence-electron chi connectivity index (χ0n) is 14.2. The first kappa shape index (κ1) is 16.0. The van der Waals surface area contributed by atoms with Gasteiger partial charge in [-0.15, -0.1) is 0 Å². The number of ketones is 1. The van der Waals surface area contributed by atoms with Crippen LogP contribution in [0.25, 0.3) is 0 Å². The van der Waals surface area contributed by atoms with Crippen LogP contribution in [-0.4, -0.2) is 62.3 Å².